The molecule has 6 heteroatoms. The lowest BCUT2D eigenvalue weighted by molar-refractivity contribution is 0.515. The summed E-state index contributed by atoms with van der Waals surface area (Å²) in [5, 5.41) is 2.53. The third-order valence-corrected chi connectivity index (χ3v) is 2.32. The van der Waals surface area contributed by atoms with E-state index in [1.807, 2.05) is 0 Å². The molecule has 0 saturated carbocycles. The van der Waals surface area contributed by atoms with Crippen LogP contribution >= 0.6 is 11.6 Å². The molecular formula is C11H6ClF3N2. The number of benzene rings is 1. The molecule has 0 aliphatic rings. The van der Waals surface area contributed by atoms with Crippen molar-refractivity contribution in [3.05, 3.63) is 53.1 Å². The summed E-state index contributed by atoms with van der Waals surface area (Å²) in [6.45, 7) is 0. The molecule has 1 N–H and O–H groups in total. The summed E-state index contributed by atoms with van der Waals surface area (Å²) in [6.07, 6.45) is 0. The van der Waals surface area contributed by atoms with Crippen LogP contribution in [0.2, 0.25) is 5.02 Å². The van der Waals surface area contributed by atoms with Gasteiger partial charge in [-0.15, -0.1) is 0 Å². The summed E-state index contributed by atoms with van der Waals surface area (Å²) in [5.74, 6) is -2.55. The van der Waals surface area contributed by atoms with Crippen molar-refractivity contribution in [2.45, 2.75) is 0 Å². The fraction of sp³-hybridized carbons (Fsp3) is 0. The quantitative estimate of drug-likeness (QED) is 0.827. The summed E-state index contributed by atoms with van der Waals surface area (Å²) >= 11 is 5.50. The lowest BCUT2D eigenvalue weighted by Crippen LogP contribution is -1.98. The molecule has 0 unspecified atom stereocenters. The third kappa shape index (κ3) is 2.68. The van der Waals surface area contributed by atoms with E-state index in [9.17, 15) is 13.2 Å². The number of hydrogen-bond acceptors (Lipinski definition) is 2. The first-order valence-corrected chi connectivity index (χ1v) is 4.98. The molecular weight excluding hydrogens is 253 g/mol. The van der Waals surface area contributed by atoms with Crippen LogP contribution < -0.4 is 5.32 Å². The van der Waals surface area contributed by atoms with E-state index in [0.29, 0.717) is 5.69 Å². The highest BCUT2D eigenvalue weighted by Crippen LogP contribution is 2.23. The van der Waals surface area contributed by atoms with Gasteiger partial charge in [-0.05, 0) is 30.3 Å². The average Bonchev–Trinajstić information content (AvgIpc) is 2.27. The molecule has 0 saturated heterocycles. The molecule has 1 aromatic heterocycles. The number of aromatic nitrogens is 1. The van der Waals surface area contributed by atoms with E-state index >= 15 is 0 Å². The van der Waals surface area contributed by atoms with Crippen LogP contribution in [0.4, 0.5) is 24.5 Å². The normalized spacial score (nSPS) is 10.4. The smallest absolute Gasteiger partial charge is 0.239 e. The zero-order chi connectivity index (χ0) is 12.4. The van der Waals surface area contributed by atoms with Gasteiger partial charge in [0.2, 0.25) is 11.9 Å². The highest BCUT2D eigenvalue weighted by Gasteiger charge is 2.07. The van der Waals surface area contributed by atoms with Crippen molar-refractivity contribution in [2.24, 2.45) is 0 Å². The number of nitrogens with zero attached hydrogens (tertiary/aromatic N) is 1. The number of halogens is 4. The fourth-order valence-electron chi connectivity index (χ4n) is 1.23. The molecule has 0 aliphatic heterocycles. The molecule has 0 amide bonds. The summed E-state index contributed by atoms with van der Waals surface area (Å²) in [6, 6.07) is 6.06. The Labute approximate surface area is 100 Å². The van der Waals surface area contributed by atoms with Crippen molar-refractivity contribution in [3.8, 4) is 0 Å². The second-order valence-corrected chi connectivity index (χ2v) is 3.63. The van der Waals surface area contributed by atoms with Crippen LogP contribution in [0.3, 0.4) is 0 Å². The lowest BCUT2D eigenvalue weighted by atomic mass is 10.3. The van der Waals surface area contributed by atoms with Gasteiger partial charge in [0.25, 0.3) is 0 Å². The van der Waals surface area contributed by atoms with E-state index in [1.54, 1.807) is 0 Å². The molecule has 0 spiro atoms. The molecule has 1 heterocycles. The molecule has 1 aromatic carbocycles. The SMILES string of the molecule is Fc1ccc(Nc2ccc(Cl)c(F)c2)c(F)n1. The Morgan fingerprint density at radius 2 is 1.82 bits per heavy atom. The van der Waals surface area contributed by atoms with E-state index in [0.717, 1.165) is 12.1 Å². The Kier molecular flexibility index (Phi) is 3.19. The molecule has 0 aliphatic carbocycles. The van der Waals surface area contributed by atoms with Crippen molar-refractivity contribution in [1.29, 1.82) is 0 Å². The summed E-state index contributed by atoms with van der Waals surface area (Å²) < 4.78 is 38.8. The molecule has 88 valence electrons. The van der Waals surface area contributed by atoms with Gasteiger partial charge in [-0.2, -0.15) is 13.8 Å². The zero-order valence-corrected chi connectivity index (χ0v) is 9.10. The minimum Gasteiger partial charge on any atom is -0.352 e. The molecule has 2 rings (SSSR count). The standard InChI is InChI=1S/C11H6ClF3N2/c12-7-2-1-6(5-8(7)13)16-9-3-4-10(14)17-11(9)15/h1-5,16H. The van der Waals surface area contributed by atoms with Crippen LogP contribution in [0.5, 0.6) is 0 Å². The number of rotatable bonds is 2. The van der Waals surface area contributed by atoms with Gasteiger partial charge in [0.05, 0.1) is 10.7 Å². The molecule has 0 radical (unpaired) electrons. The topological polar surface area (TPSA) is 24.9 Å². The predicted octanol–water partition coefficient (Wildman–Crippen LogP) is 3.90. The van der Waals surface area contributed by atoms with Gasteiger partial charge in [0.15, 0.2) is 0 Å². The van der Waals surface area contributed by atoms with Gasteiger partial charge in [0.1, 0.15) is 5.82 Å². The highest BCUT2D eigenvalue weighted by molar-refractivity contribution is 6.30. The predicted molar refractivity (Wildman–Crippen MR) is 58.8 cm³/mol. The number of hydrogen-bond donors (Lipinski definition) is 1. The largest absolute Gasteiger partial charge is 0.352 e. The lowest BCUT2D eigenvalue weighted by Gasteiger charge is -2.07. The Balaban J connectivity index is 2.28. The van der Waals surface area contributed by atoms with Crippen LogP contribution in [0.1, 0.15) is 0 Å². The number of anilines is 2. The molecule has 0 bridgehead atoms. The summed E-state index contributed by atoms with van der Waals surface area (Å²) in [7, 11) is 0. The molecule has 2 aromatic rings. The maximum atomic E-state index is 13.2. The number of nitrogens with one attached hydrogen (secondary N) is 1. The van der Waals surface area contributed by atoms with Gasteiger partial charge in [-0.3, -0.25) is 0 Å². The first kappa shape index (κ1) is 11.7. The first-order valence-electron chi connectivity index (χ1n) is 4.60. The monoisotopic (exact) mass is 258 g/mol. The fourth-order valence-corrected chi connectivity index (χ4v) is 1.35. The van der Waals surface area contributed by atoms with Gasteiger partial charge in [-0.1, -0.05) is 11.6 Å². The van der Waals surface area contributed by atoms with Crippen molar-refractivity contribution in [3.63, 3.8) is 0 Å². The zero-order valence-electron chi connectivity index (χ0n) is 8.35. The van der Waals surface area contributed by atoms with Gasteiger partial charge in [0, 0.05) is 5.69 Å². The highest BCUT2D eigenvalue weighted by atomic mass is 35.5. The second kappa shape index (κ2) is 4.63. The van der Waals surface area contributed by atoms with Crippen LogP contribution in [-0.2, 0) is 0 Å². The van der Waals surface area contributed by atoms with E-state index < -0.39 is 17.7 Å². The Morgan fingerprint density at radius 1 is 1.06 bits per heavy atom. The molecule has 0 atom stereocenters. The Hall–Kier alpha value is -1.75. The third-order valence-electron chi connectivity index (χ3n) is 2.01. The van der Waals surface area contributed by atoms with Gasteiger partial charge in [-0.25, -0.2) is 4.39 Å². The molecule has 0 fully saturated rings. The average molecular weight is 259 g/mol. The maximum absolute atomic E-state index is 13.2. The Bertz CT molecular complexity index is 560. The van der Waals surface area contributed by atoms with Crippen molar-refractivity contribution < 1.29 is 13.2 Å². The van der Waals surface area contributed by atoms with Crippen LogP contribution in [0.15, 0.2) is 30.3 Å². The van der Waals surface area contributed by atoms with Gasteiger partial charge >= 0.3 is 0 Å². The van der Waals surface area contributed by atoms with E-state index in [-0.39, 0.29) is 10.7 Å². The van der Waals surface area contributed by atoms with Crippen molar-refractivity contribution in [2.75, 3.05) is 5.32 Å². The van der Waals surface area contributed by atoms with E-state index in [1.165, 1.54) is 18.2 Å². The summed E-state index contributed by atoms with van der Waals surface area (Å²) in [5.41, 5.74) is 0.243. The van der Waals surface area contributed by atoms with Crippen molar-refractivity contribution >= 4 is 23.0 Å². The second-order valence-electron chi connectivity index (χ2n) is 3.23. The number of pyridine rings is 1. The minimum absolute atomic E-state index is 0.0340. The first-order chi connectivity index (χ1) is 8.06. The van der Waals surface area contributed by atoms with Crippen LogP contribution in [0, 0.1) is 17.7 Å². The Morgan fingerprint density at radius 3 is 2.47 bits per heavy atom. The molecule has 17 heavy (non-hydrogen) atoms. The maximum Gasteiger partial charge on any atom is 0.239 e. The van der Waals surface area contributed by atoms with Crippen molar-refractivity contribution in [1.82, 2.24) is 4.98 Å². The van der Waals surface area contributed by atoms with Gasteiger partial charge < -0.3 is 5.32 Å². The van der Waals surface area contributed by atoms with E-state index in [2.05, 4.69) is 10.3 Å². The van der Waals surface area contributed by atoms with Crippen LogP contribution in [0.25, 0.3) is 0 Å². The minimum atomic E-state index is -1.000. The molecule has 2 nitrogen and oxygen atoms in total. The van der Waals surface area contributed by atoms with Crippen LogP contribution in [-0.4, -0.2) is 4.98 Å². The summed E-state index contributed by atoms with van der Waals surface area (Å²) in [4.78, 5) is 2.99. The van der Waals surface area contributed by atoms with E-state index in [4.69, 9.17) is 11.6 Å².